The molecule has 0 heterocycles. The van der Waals surface area contributed by atoms with Crippen LogP contribution in [0.25, 0.3) is 0 Å². The van der Waals surface area contributed by atoms with Crippen molar-refractivity contribution in [1.29, 1.82) is 0 Å². The number of hydrogen-bond donors (Lipinski definition) is 1. The van der Waals surface area contributed by atoms with E-state index < -0.39 is 0 Å². The Hall–Kier alpha value is -1.06. The maximum absolute atomic E-state index is 6.09. The fraction of sp³-hybridized carbons (Fsp3) is 0.500. The van der Waals surface area contributed by atoms with Gasteiger partial charge in [0.25, 0.3) is 0 Å². The van der Waals surface area contributed by atoms with E-state index in [-0.39, 0.29) is 12.1 Å². The van der Waals surface area contributed by atoms with Gasteiger partial charge in [0.2, 0.25) is 0 Å². The van der Waals surface area contributed by atoms with Crippen molar-refractivity contribution >= 4 is 0 Å². The molecule has 0 spiro atoms. The molecule has 0 bridgehead atoms. The SMILES string of the molecule is CCC(OC)C(N)c1ccc(OC)cc1. The van der Waals surface area contributed by atoms with Gasteiger partial charge in [-0.2, -0.15) is 0 Å². The van der Waals surface area contributed by atoms with Gasteiger partial charge < -0.3 is 15.2 Å². The molecule has 2 unspecified atom stereocenters. The van der Waals surface area contributed by atoms with E-state index >= 15 is 0 Å². The summed E-state index contributed by atoms with van der Waals surface area (Å²) in [5.41, 5.74) is 7.16. The van der Waals surface area contributed by atoms with Crippen molar-refractivity contribution in [1.82, 2.24) is 0 Å². The molecular formula is C12H19NO2. The van der Waals surface area contributed by atoms with Crippen LogP contribution in [0.15, 0.2) is 24.3 Å². The number of ether oxygens (including phenoxy) is 2. The largest absolute Gasteiger partial charge is 0.497 e. The van der Waals surface area contributed by atoms with Gasteiger partial charge in [-0.1, -0.05) is 19.1 Å². The molecule has 2 N–H and O–H groups in total. The number of rotatable bonds is 5. The smallest absolute Gasteiger partial charge is 0.118 e. The zero-order valence-electron chi connectivity index (χ0n) is 9.57. The van der Waals surface area contributed by atoms with Gasteiger partial charge in [0.15, 0.2) is 0 Å². The normalized spacial score (nSPS) is 14.7. The van der Waals surface area contributed by atoms with Crippen molar-refractivity contribution in [3.8, 4) is 5.75 Å². The summed E-state index contributed by atoms with van der Waals surface area (Å²) in [5, 5.41) is 0. The molecule has 0 aliphatic rings. The lowest BCUT2D eigenvalue weighted by molar-refractivity contribution is 0.0772. The van der Waals surface area contributed by atoms with E-state index in [4.69, 9.17) is 15.2 Å². The van der Waals surface area contributed by atoms with Crippen LogP contribution in [0, 0.1) is 0 Å². The van der Waals surface area contributed by atoms with E-state index in [0.717, 1.165) is 17.7 Å². The molecule has 3 heteroatoms. The Balaban J connectivity index is 2.76. The van der Waals surface area contributed by atoms with Gasteiger partial charge in [-0.15, -0.1) is 0 Å². The average Bonchev–Trinajstić information content (AvgIpc) is 2.30. The summed E-state index contributed by atoms with van der Waals surface area (Å²) < 4.78 is 10.4. The number of benzene rings is 1. The van der Waals surface area contributed by atoms with E-state index in [2.05, 4.69) is 6.92 Å². The fourth-order valence-electron chi connectivity index (χ4n) is 1.61. The molecule has 0 aliphatic heterocycles. The monoisotopic (exact) mass is 209 g/mol. The molecule has 2 atom stereocenters. The molecule has 0 amide bonds. The molecule has 1 rings (SSSR count). The van der Waals surface area contributed by atoms with Crippen LogP contribution >= 0.6 is 0 Å². The molecule has 0 radical (unpaired) electrons. The first-order valence-electron chi connectivity index (χ1n) is 5.15. The predicted molar refractivity (Wildman–Crippen MR) is 61.0 cm³/mol. The summed E-state index contributed by atoms with van der Waals surface area (Å²) in [6.45, 7) is 2.07. The highest BCUT2D eigenvalue weighted by molar-refractivity contribution is 5.29. The molecule has 1 aromatic rings. The van der Waals surface area contributed by atoms with Gasteiger partial charge in [0.1, 0.15) is 5.75 Å². The molecule has 0 saturated carbocycles. The maximum atomic E-state index is 6.09. The third-order valence-corrected chi connectivity index (χ3v) is 2.61. The zero-order valence-corrected chi connectivity index (χ0v) is 9.57. The van der Waals surface area contributed by atoms with Crippen LogP contribution in [0.3, 0.4) is 0 Å². The van der Waals surface area contributed by atoms with Crippen molar-refractivity contribution in [3.63, 3.8) is 0 Å². The Labute approximate surface area is 91.2 Å². The first kappa shape index (κ1) is 12.0. The topological polar surface area (TPSA) is 44.5 Å². The highest BCUT2D eigenvalue weighted by Crippen LogP contribution is 2.21. The minimum atomic E-state index is -0.0779. The van der Waals surface area contributed by atoms with E-state index in [9.17, 15) is 0 Å². The van der Waals surface area contributed by atoms with Crippen LogP contribution in [0.4, 0.5) is 0 Å². The molecule has 0 aromatic heterocycles. The average molecular weight is 209 g/mol. The third kappa shape index (κ3) is 2.94. The lowest BCUT2D eigenvalue weighted by Gasteiger charge is -2.21. The van der Waals surface area contributed by atoms with Crippen molar-refractivity contribution < 1.29 is 9.47 Å². The lowest BCUT2D eigenvalue weighted by atomic mass is 10.0. The molecule has 84 valence electrons. The van der Waals surface area contributed by atoms with Gasteiger partial charge in [-0.3, -0.25) is 0 Å². The van der Waals surface area contributed by atoms with Crippen LogP contribution in [-0.4, -0.2) is 20.3 Å². The van der Waals surface area contributed by atoms with Gasteiger partial charge >= 0.3 is 0 Å². The molecular weight excluding hydrogens is 190 g/mol. The van der Waals surface area contributed by atoms with Gasteiger partial charge in [0.05, 0.1) is 19.3 Å². The summed E-state index contributed by atoms with van der Waals surface area (Å²) in [4.78, 5) is 0. The quantitative estimate of drug-likeness (QED) is 0.807. The van der Waals surface area contributed by atoms with Crippen LogP contribution in [0.2, 0.25) is 0 Å². The van der Waals surface area contributed by atoms with Crippen molar-refractivity contribution in [3.05, 3.63) is 29.8 Å². The van der Waals surface area contributed by atoms with Crippen LogP contribution in [0.1, 0.15) is 24.9 Å². The fourth-order valence-corrected chi connectivity index (χ4v) is 1.61. The Kier molecular flexibility index (Phi) is 4.59. The highest BCUT2D eigenvalue weighted by atomic mass is 16.5. The second kappa shape index (κ2) is 5.73. The summed E-state index contributed by atoms with van der Waals surface area (Å²) in [6, 6.07) is 7.71. The standard InChI is InChI=1S/C12H19NO2/c1-4-11(15-3)12(13)9-5-7-10(14-2)8-6-9/h5-8,11-12H,4,13H2,1-3H3. The Bertz CT molecular complexity index is 280. The summed E-state index contributed by atoms with van der Waals surface area (Å²) in [7, 11) is 3.34. The Morgan fingerprint density at radius 3 is 2.20 bits per heavy atom. The molecule has 0 saturated heterocycles. The van der Waals surface area contributed by atoms with Crippen LogP contribution < -0.4 is 10.5 Å². The molecule has 15 heavy (non-hydrogen) atoms. The van der Waals surface area contributed by atoms with E-state index in [0.29, 0.717) is 0 Å². The minimum Gasteiger partial charge on any atom is -0.497 e. The van der Waals surface area contributed by atoms with Gasteiger partial charge in [0, 0.05) is 7.11 Å². The minimum absolute atomic E-state index is 0.0680. The Morgan fingerprint density at radius 2 is 1.80 bits per heavy atom. The van der Waals surface area contributed by atoms with E-state index in [1.165, 1.54) is 0 Å². The van der Waals surface area contributed by atoms with Gasteiger partial charge in [-0.05, 0) is 24.1 Å². The van der Waals surface area contributed by atoms with E-state index in [1.807, 2.05) is 24.3 Å². The van der Waals surface area contributed by atoms with Crippen LogP contribution in [-0.2, 0) is 4.74 Å². The lowest BCUT2D eigenvalue weighted by Crippen LogP contribution is -2.27. The van der Waals surface area contributed by atoms with Crippen molar-refractivity contribution in [2.24, 2.45) is 5.73 Å². The summed E-state index contributed by atoms with van der Waals surface area (Å²) in [6.07, 6.45) is 0.974. The molecule has 0 aliphatic carbocycles. The molecule has 1 aromatic carbocycles. The maximum Gasteiger partial charge on any atom is 0.118 e. The molecule has 3 nitrogen and oxygen atoms in total. The number of hydrogen-bond acceptors (Lipinski definition) is 3. The van der Waals surface area contributed by atoms with E-state index in [1.54, 1.807) is 14.2 Å². The number of methoxy groups -OCH3 is 2. The summed E-state index contributed by atoms with van der Waals surface area (Å²) in [5.74, 6) is 0.844. The third-order valence-electron chi connectivity index (χ3n) is 2.61. The first-order valence-corrected chi connectivity index (χ1v) is 5.15. The van der Waals surface area contributed by atoms with Crippen molar-refractivity contribution in [2.45, 2.75) is 25.5 Å². The Morgan fingerprint density at radius 1 is 1.20 bits per heavy atom. The second-order valence-corrected chi connectivity index (χ2v) is 3.48. The second-order valence-electron chi connectivity index (χ2n) is 3.48. The molecule has 0 fully saturated rings. The first-order chi connectivity index (χ1) is 7.22. The number of nitrogens with two attached hydrogens (primary N) is 1. The van der Waals surface area contributed by atoms with Crippen molar-refractivity contribution in [2.75, 3.05) is 14.2 Å². The highest BCUT2D eigenvalue weighted by Gasteiger charge is 2.16. The summed E-state index contributed by atoms with van der Waals surface area (Å²) >= 11 is 0. The predicted octanol–water partition coefficient (Wildman–Crippen LogP) is 2.12. The van der Waals surface area contributed by atoms with Gasteiger partial charge in [-0.25, -0.2) is 0 Å². The zero-order chi connectivity index (χ0) is 11.3. The van der Waals surface area contributed by atoms with Crippen LogP contribution in [0.5, 0.6) is 5.75 Å².